The Bertz CT molecular complexity index is 726. The molecule has 0 saturated carbocycles. The summed E-state index contributed by atoms with van der Waals surface area (Å²) in [5.74, 6) is -1.66. The van der Waals surface area contributed by atoms with E-state index < -0.39 is 22.5 Å². The summed E-state index contributed by atoms with van der Waals surface area (Å²) in [6, 6.07) is 7.11. The van der Waals surface area contributed by atoms with Crippen molar-refractivity contribution in [1.29, 1.82) is 0 Å². The topological polar surface area (TPSA) is 110 Å². The third-order valence-corrected chi connectivity index (χ3v) is 4.28. The normalized spacial score (nSPS) is 11.7. The zero-order chi connectivity index (χ0) is 17.7. The van der Waals surface area contributed by atoms with Gasteiger partial charge in [-0.2, -0.15) is 0 Å². The highest BCUT2D eigenvalue weighted by Crippen LogP contribution is 2.18. The summed E-state index contributed by atoms with van der Waals surface area (Å²) < 4.78 is 0. The van der Waals surface area contributed by atoms with Crippen LogP contribution in [0, 0.1) is 16.0 Å². The number of thiophene rings is 1. The summed E-state index contributed by atoms with van der Waals surface area (Å²) in [5, 5.41) is 24.6. The molecule has 0 aliphatic heterocycles. The van der Waals surface area contributed by atoms with Crippen LogP contribution in [0.25, 0.3) is 0 Å². The molecule has 2 aromatic rings. The van der Waals surface area contributed by atoms with E-state index in [4.69, 9.17) is 5.11 Å². The summed E-state index contributed by atoms with van der Waals surface area (Å²) >= 11 is 1.64. The van der Waals surface area contributed by atoms with Crippen molar-refractivity contribution < 1.29 is 19.6 Å². The minimum Gasteiger partial charge on any atom is -0.478 e. The first-order valence-electron chi connectivity index (χ1n) is 7.20. The van der Waals surface area contributed by atoms with Gasteiger partial charge in [-0.25, -0.2) is 4.79 Å². The third-order valence-electron chi connectivity index (χ3n) is 3.38. The van der Waals surface area contributed by atoms with Gasteiger partial charge in [-0.15, -0.1) is 11.3 Å². The maximum Gasteiger partial charge on any atom is 0.335 e. The molecule has 0 bridgehead atoms. The molecule has 1 amide bonds. The molecule has 1 atom stereocenters. The van der Waals surface area contributed by atoms with Gasteiger partial charge in [0.1, 0.15) is 0 Å². The van der Waals surface area contributed by atoms with Gasteiger partial charge >= 0.3 is 5.97 Å². The second-order valence-electron chi connectivity index (χ2n) is 5.43. The quantitative estimate of drug-likeness (QED) is 0.590. The van der Waals surface area contributed by atoms with Crippen LogP contribution in [0.1, 0.15) is 32.5 Å². The van der Waals surface area contributed by atoms with Crippen molar-refractivity contribution in [3.8, 4) is 0 Å². The molecule has 126 valence electrons. The number of rotatable bonds is 7. The third kappa shape index (κ3) is 4.63. The zero-order valence-corrected chi connectivity index (χ0v) is 13.7. The minimum absolute atomic E-state index is 0.0371. The number of carboxylic acid groups (broad SMARTS) is 1. The van der Waals surface area contributed by atoms with Gasteiger partial charge in [-0.05, 0) is 29.9 Å². The fraction of sp³-hybridized carbons (Fsp3) is 0.250. The summed E-state index contributed by atoms with van der Waals surface area (Å²) in [6.07, 6.45) is 0.813. The fourth-order valence-electron chi connectivity index (χ4n) is 2.18. The van der Waals surface area contributed by atoms with Crippen LogP contribution in [-0.4, -0.2) is 28.5 Å². The monoisotopic (exact) mass is 348 g/mol. The van der Waals surface area contributed by atoms with Crippen molar-refractivity contribution in [3.63, 3.8) is 0 Å². The molecule has 1 heterocycles. The van der Waals surface area contributed by atoms with Gasteiger partial charge in [0, 0.05) is 29.1 Å². The van der Waals surface area contributed by atoms with Gasteiger partial charge in [0.15, 0.2) is 0 Å². The Morgan fingerprint density at radius 2 is 2.04 bits per heavy atom. The smallest absolute Gasteiger partial charge is 0.335 e. The van der Waals surface area contributed by atoms with Crippen LogP contribution in [-0.2, 0) is 6.42 Å². The number of nitrogens with one attached hydrogen (secondary N) is 1. The molecule has 7 nitrogen and oxygen atoms in total. The van der Waals surface area contributed by atoms with E-state index in [1.807, 2.05) is 24.4 Å². The highest BCUT2D eigenvalue weighted by atomic mass is 32.1. The number of aromatic carboxylic acids is 1. The molecule has 0 saturated heterocycles. The van der Waals surface area contributed by atoms with Crippen LogP contribution < -0.4 is 5.32 Å². The predicted molar refractivity (Wildman–Crippen MR) is 89.6 cm³/mol. The average molecular weight is 348 g/mol. The Morgan fingerprint density at radius 3 is 2.62 bits per heavy atom. The number of hydrogen-bond donors (Lipinski definition) is 2. The number of nitrogens with zero attached hydrogens (tertiary/aromatic N) is 1. The number of nitro benzene ring substituents is 1. The Kier molecular flexibility index (Phi) is 5.64. The summed E-state index contributed by atoms with van der Waals surface area (Å²) in [6.45, 7) is 2.37. The van der Waals surface area contributed by atoms with Gasteiger partial charge in [-0.1, -0.05) is 13.0 Å². The molecule has 1 aromatic carbocycles. The maximum atomic E-state index is 12.2. The van der Waals surface area contributed by atoms with E-state index in [9.17, 15) is 19.7 Å². The highest BCUT2D eigenvalue weighted by molar-refractivity contribution is 7.09. The highest BCUT2D eigenvalue weighted by Gasteiger charge is 2.18. The van der Waals surface area contributed by atoms with Crippen molar-refractivity contribution in [1.82, 2.24) is 5.32 Å². The number of non-ortho nitro benzene ring substituents is 1. The van der Waals surface area contributed by atoms with Crippen LogP contribution >= 0.6 is 11.3 Å². The Hall–Kier alpha value is -2.74. The number of carbonyl (C=O) groups is 2. The van der Waals surface area contributed by atoms with Crippen LogP contribution in [0.2, 0.25) is 0 Å². The standard InChI is InChI=1S/C16H16N2O5S/c1-10(5-14-3-2-4-24-14)9-17-15(19)11-6-12(16(20)21)8-13(7-11)18(22)23/h2-4,6-8,10H,5,9H2,1H3,(H,17,19)(H,20,21). The average Bonchev–Trinajstić information content (AvgIpc) is 3.04. The molecule has 8 heteroatoms. The van der Waals surface area contributed by atoms with Crippen LogP contribution in [0.4, 0.5) is 5.69 Å². The number of hydrogen-bond acceptors (Lipinski definition) is 5. The van der Waals surface area contributed by atoms with Gasteiger partial charge in [0.2, 0.25) is 0 Å². The molecule has 0 aliphatic carbocycles. The molecule has 24 heavy (non-hydrogen) atoms. The first-order valence-corrected chi connectivity index (χ1v) is 8.08. The van der Waals surface area contributed by atoms with E-state index in [0.29, 0.717) is 6.54 Å². The zero-order valence-electron chi connectivity index (χ0n) is 12.9. The van der Waals surface area contributed by atoms with Crippen molar-refractivity contribution in [2.24, 2.45) is 5.92 Å². The molecule has 0 fully saturated rings. The van der Waals surface area contributed by atoms with Crippen molar-refractivity contribution in [3.05, 3.63) is 61.8 Å². The van der Waals surface area contributed by atoms with Crippen LogP contribution in [0.3, 0.4) is 0 Å². The Balaban J connectivity index is 2.05. The molecule has 2 rings (SSSR count). The Morgan fingerprint density at radius 1 is 1.33 bits per heavy atom. The van der Waals surface area contributed by atoms with E-state index in [2.05, 4.69) is 5.32 Å². The maximum absolute atomic E-state index is 12.2. The van der Waals surface area contributed by atoms with Gasteiger partial charge in [0.05, 0.1) is 10.5 Å². The first kappa shape index (κ1) is 17.6. The van der Waals surface area contributed by atoms with E-state index in [1.54, 1.807) is 11.3 Å². The number of benzene rings is 1. The lowest BCUT2D eigenvalue weighted by Gasteiger charge is -2.12. The lowest BCUT2D eigenvalue weighted by molar-refractivity contribution is -0.384. The van der Waals surface area contributed by atoms with Crippen LogP contribution in [0.15, 0.2) is 35.7 Å². The largest absolute Gasteiger partial charge is 0.478 e. The number of carboxylic acids is 1. The second-order valence-corrected chi connectivity index (χ2v) is 6.46. The van der Waals surface area contributed by atoms with Crippen molar-refractivity contribution in [2.75, 3.05) is 6.54 Å². The molecular formula is C16H16N2O5S. The van der Waals surface area contributed by atoms with Crippen molar-refractivity contribution >= 4 is 28.9 Å². The molecule has 0 spiro atoms. The molecular weight excluding hydrogens is 332 g/mol. The van der Waals surface area contributed by atoms with Gasteiger partial charge < -0.3 is 10.4 Å². The molecule has 0 aliphatic rings. The Labute approximate surface area is 142 Å². The molecule has 1 aromatic heterocycles. The fourth-order valence-corrected chi connectivity index (χ4v) is 3.05. The summed E-state index contributed by atoms with van der Waals surface area (Å²) in [5.41, 5.74) is -0.752. The summed E-state index contributed by atoms with van der Waals surface area (Å²) in [7, 11) is 0. The van der Waals surface area contributed by atoms with Gasteiger partial charge in [-0.3, -0.25) is 14.9 Å². The molecule has 0 radical (unpaired) electrons. The van der Waals surface area contributed by atoms with Crippen LogP contribution in [0.5, 0.6) is 0 Å². The summed E-state index contributed by atoms with van der Waals surface area (Å²) in [4.78, 5) is 34.6. The molecule has 1 unspecified atom stereocenters. The minimum atomic E-state index is -1.32. The van der Waals surface area contributed by atoms with Crippen molar-refractivity contribution in [2.45, 2.75) is 13.3 Å². The van der Waals surface area contributed by atoms with Gasteiger partial charge in [0.25, 0.3) is 11.6 Å². The SMILES string of the molecule is CC(CNC(=O)c1cc(C(=O)O)cc([N+](=O)[O-])c1)Cc1cccs1. The number of carbonyl (C=O) groups excluding carboxylic acids is 1. The lowest BCUT2D eigenvalue weighted by atomic mass is 10.1. The predicted octanol–water partition coefficient (Wildman–Crippen LogP) is 2.96. The van der Waals surface area contributed by atoms with E-state index >= 15 is 0 Å². The first-order chi connectivity index (χ1) is 11.4. The number of amides is 1. The number of nitro groups is 1. The van der Waals surface area contributed by atoms with E-state index in [1.165, 1.54) is 4.88 Å². The van der Waals surface area contributed by atoms with E-state index in [-0.39, 0.29) is 17.0 Å². The van der Waals surface area contributed by atoms with E-state index in [0.717, 1.165) is 24.6 Å². The lowest BCUT2D eigenvalue weighted by Crippen LogP contribution is -2.29. The molecule has 2 N–H and O–H groups in total. The second kappa shape index (κ2) is 7.69.